The molecule has 0 unspecified atom stereocenters. The van der Waals surface area contributed by atoms with E-state index in [4.69, 9.17) is 5.11 Å². The van der Waals surface area contributed by atoms with Crippen molar-refractivity contribution in [3.05, 3.63) is 59.2 Å². The minimum atomic E-state index is -0.611. The molecule has 0 aliphatic rings. The molecule has 1 aromatic carbocycles. The molecule has 1 heterocycles. The van der Waals surface area contributed by atoms with E-state index in [2.05, 4.69) is 9.97 Å². The van der Waals surface area contributed by atoms with E-state index in [1.54, 1.807) is 0 Å². The first-order chi connectivity index (χ1) is 8.19. The molecule has 1 N–H and O–H groups in total. The van der Waals surface area contributed by atoms with Crippen LogP contribution in [-0.4, -0.2) is 15.1 Å². The van der Waals surface area contributed by atoms with Crippen LogP contribution in [0.5, 0.6) is 0 Å². The van der Waals surface area contributed by atoms with E-state index in [-0.39, 0.29) is 13.0 Å². The molecule has 0 saturated heterocycles. The molecule has 2 rings (SSSR count). The Morgan fingerprint density at radius 3 is 2.41 bits per heavy atom. The van der Waals surface area contributed by atoms with Crippen LogP contribution in [0.2, 0.25) is 0 Å². The standard InChI is InChI=1S/C12H10F2N2O/c13-10-2-1-9(11(14)4-10)3-12-15-5-8(7-17)6-16-12/h1-2,4-6,17H,3,7H2. The van der Waals surface area contributed by atoms with Crippen molar-refractivity contribution in [1.82, 2.24) is 9.97 Å². The van der Waals surface area contributed by atoms with Gasteiger partial charge >= 0.3 is 0 Å². The molecule has 3 nitrogen and oxygen atoms in total. The quantitative estimate of drug-likeness (QED) is 0.884. The third kappa shape index (κ3) is 2.82. The number of nitrogens with zero attached hydrogens (tertiary/aromatic N) is 2. The molecule has 0 atom stereocenters. The molecule has 88 valence electrons. The molecule has 0 saturated carbocycles. The second kappa shape index (κ2) is 4.97. The third-order valence-corrected chi connectivity index (χ3v) is 2.31. The van der Waals surface area contributed by atoms with Gasteiger partial charge in [-0.05, 0) is 11.6 Å². The van der Waals surface area contributed by atoms with Gasteiger partial charge in [0.2, 0.25) is 0 Å². The van der Waals surface area contributed by atoms with Crippen molar-refractivity contribution in [2.45, 2.75) is 13.0 Å². The van der Waals surface area contributed by atoms with Gasteiger partial charge in [0, 0.05) is 30.4 Å². The summed E-state index contributed by atoms with van der Waals surface area (Å²) in [5, 5.41) is 8.81. The fourth-order valence-corrected chi connectivity index (χ4v) is 1.39. The molecule has 5 heteroatoms. The molecule has 2 aromatic rings. The first kappa shape index (κ1) is 11.6. The van der Waals surface area contributed by atoms with Crippen molar-refractivity contribution in [2.75, 3.05) is 0 Å². The molecule has 0 aliphatic carbocycles. The van der Waals surface area contributed by atoms with Crippen molar-refractivity contribution in [3.8, 4) is 0 Å². The predicted octanol–water partition coefficient (Wildman–Crippen LogP) is 1.84. The highest BCUT2D eigenvalue weighted by Gasteiger charge is 2.06. The molecule has 0 fully saturated rings. The number of aliphatic hydroxyl groups excluding tert-OH is 1. The zero-order chi connectivity index (χ0) is 12.3. The van der Waals surface area contributed by atoms with Crippen LogP contribution in [0, 0.1) is 11.6 Å². The minimum absolute atomic E-state index is 0.134. The maximum Gasteiger partial charge on any atom is 0.132 e. The normalized spacial score (nSPS) is 10.5. The van der Waals surface area contributed by atoms with Gasteiger partial charge in [-0.15, -0.1) is 0 Å². The average molecular weight is 236 g/mol. The zero-order valence-corrected chi connectivity index (χ0v) is 8.90. The lowest BCUT2D eigenvalue weighted by molar-refractivity contribution is 0.280. The summed E-state index contributed by atoms with van der Waals surface area (Å²) in [4.78, 5) is 7.95. The second-order valence-electron chi connectivity index (χ2n) is 3.58. The number of hydrogen-bond donors (Lipinski definition) is 1. The Balaban J connectivity index is 2.19. The number of rotatable bonds is 3. The predicted molar refractivity (Wildman–Crippen MR) is 57.1 cm³/mol. The molecule has 17 heavy (non-hydrogen) atoms. The Morgan fingerprint density at radius 2 is 1.82 bits per heavy atom. The summed E-state index contributed by atoms with van der Waals surface area (Å²) < 4.78 is 26.0. The van der Waals surface area contributed by atoms with Crippen molar-refractivity contribution < 1.29 is 13.9 Å². The number of benzene rings is 1. The van der Waals surface area contributed by atoms with Crippen LogP contribution in [0.1, 0.15) is 17.0 Å². The molecule has 1 aromatic heterocycles. The van der Waals surface area contributed by atoms with Crippen LogP contribution < -0.4 is 0 Å². The lowest BCUT2D eigenvalue weighted by atomic mass is 10.1. The molecule has 0 spiro atoms. The highest BCUT2D eigenvalue weighted by molar-refractivity contribution is 5.22. The molecule has 0 radical (unpaired) electrons. The Morgan fingerprint density at radius 1 is 1.12 bits per heavy atom. The van der Waals surface area contributed by atoms with Gasteiger partial charge in [-0.1, -0.05) is 6.07 Å². The average Bonchev–Trinajstić information content (AvgIpc) is 2.34. The lowest BCUT2D eigenvalue weighted by Crippen LogP contribution is -2.00. The molecule has 0 aliphatic heterocycles. The van der Waals surface area contributed by atoms with E-state index in [9.17, 15) is 8.78 Å². The maximum absolute atomic E-state index is 13.3. The van der Waals surface area contributed by atoms with Gasteiger partial charge in [0.25, 0.3) is 0 Å². The summed E-state index contributed by atoms with van der Waals surface area (Å²) in [5.41, 5.74) is 0.927. The second-order valence-corrected chi connectivity index (χ2v) is 3.58. The molecule has 0 amide bonds. The van der Waals surface area contributed by atoms with Gasteiger partial charge in [-0.3, -0.25) is 0 Å². The van der Waals surface area contributed by atoms with Gasteiger partial charge in [0.15, 0.2) is 0 Å². The number of hydrogen-bond acceptors (Lipinski definition) is 3. The maximum atomic E-state index is 13.3. The van der Waals surface area contributed by atoms with Crippen LogP contribution in [-0.2, 0) is 13.0 Å². The van der Waals surface area contributed by atoms with Crippen molar-refractivity contribution >= 4 is 0 Å². The van der Waals surface area contributed by atoms with Gasteiger partial charge in [-0.2, -0.15) is 0 Å². The van der Waals surface area contributed by atoms with Crippen LogP contribution in [0.4, 0.5) is 8.78 Å². The van der Waals surface area contributed by atoms with Gasteiger partial charge in [0.05, 0.1) is 6.61 Å². The topological polar surface area (TPSA) is 46.0 Å². The largest absolute Gasteiger partial charge is 0.392 e. The fraction of sp³-hybridized carbons (Fsp3) is 0.167. The minimum Gasteiger partial charge on any atom is -0.392 e. The summed E-state index contributed by atoms with van der Waals surface area (Å²) in [7, 11) is 0. The monoisotopic (exact) mass is 236 g/mol. The van der Waals surface area contributed by atoms with Crippen LogP contribution >= 0.6 is 0 Å². The fourth-order valence-electron chi connectivity index (χ4n) is 1.39. The van der Waals surface area contributed by atoms with Gasteiger partial charge in [-0.25, -0.2) is 18.7 Å². The number of halogens is 2. The number of aliphatic hydroxyl groups is 1. The van der Waals surface area contributed by atoms with E-state index in [0.29, 0.717) is 17.0 Å². The zero-order valence-electron chi connectivity index (χ0n) is 8.90. The van der Waals surface area contributed by atoms with E-state index in [0.717, 1.165) is 6.07 Å². The summed E-state index contributed by atoms with van der Waals surface area (Å²) in [5.74, 6) is -0.796. The van der Waals surface area contributed by atoms with Crippen molar-refractivity contribution in [1.29, 1.82) is 0 Å². The summed E-state index contributed by atoms with van der Waals surface area (Å²) in [6.07, 6.45) is 3.14. The Hall–Kier alpha value is -1.88. The highest BCUT2D eigenvalue weighted by atomic mass is 19.1. The van der Waals surface area contributed by atoms with Gasteiger partial charge < -0.3 is 5.11 Å². The van der Waals surface area contributed by atoms with E-state index in [1.807, 2.05) is 0 Å². The Labute approximate surface area is 96.8 Å². The van der Waals surface area contributed by atoms with Crippen molar-refractivity contribution in [3.63, 3.8) is 0 Å². The first-order valence-corrected chi connectivity index (χ1v) is 5.03. The Bertz CT molecular complexity index is 514. The van der Waals surface area contributed by atoms with Gasteiger partial charge in [0.1, 0.15) is 17.5 Å². The third-order valence-electron chi connectivity index (χ3n) is 2.31. The number of aromatic nitrogens is 2. The van der Waals surface area contributed by atoms with Crippen LogP contribution in [0.3, 0.4) is 0 Å². The summed E-state index contributed by atoms with van der Waals surface area (Å²) in [6, 6.07) is 3.39. The summed E-state index contributed by atoms with van der Waals surface area (Å²) in [6.45, 7) is -0.134. The van der Waals surface area contributed by atoms with E-state index in [1.165, 1.54) is 24.5 Å². The van der Waals surface area contributed by atoms with Crippen molar-refractivity contribution in [2.24, 2.45) is 0 Å². The first-order valence-electron chi connectivity index (χ1n) is 5.03. The SMILES string of the molecule is OCc1cnc(Cc2ccc(F)cc2F)nc1. The van der Waals surface area contributed by atoms with E-state index < -0.39 is 11.6 Å². The van der Waals surface area contributed by atoms with Crippen LogP contribution in [0.15, 0.2) is 30.6 Å². The molecule has 0 bridgehead atoms. The van der Waals surface area contributed by atoms with Crippen LogP contribution in [0.25, 0.3) is 0 Å². The van der Waals surface area contributed by atoms with E-state index >= 15 is 0 Å². The molecular weight excluding hydrogens is 226 g/mol. The lowest BCUT2D eigenvalue weighted by Gasteiger charge is -2.03. The molecular formula is C12H10F2N2O. The Kier molecular flexibility index (Phi) is 3.39. The smallest absolute Gasteiger partial charge is 0.132 e. The summed E-state index contributed by atoms with van der Waals surface area (Å²) >= 11 is 0. The highest BCUT2D eigenvalue weighted by Crippen LogP contribution is 2.12.